The molecule has 0 aliphatic rings. The third kappa shape index (κ3) is 3.54. The van der Waals surface area contributed by atoms with Gasteiger partial charge in [-0.1, -0.05) is 41.4 Å². The highest BCUT2D eigenvalue weighted by Gasteiger charge is 2.16. The quantitative estimate of drug-likeness (QED) is 0.358. The van der Waals surface area contributed by atoms with E-state index in [1.54, 1.807) is 12.1 Å². The van der Waals surface area contributed by atoms with Crippen molar-refractivity contribution in [3.63, 3.8) is 0 Å². The van der Waals surface area contributed by atoms with Crippen LogP contribution in [-0.2, 0) is 6.54 Å². The molecule has 0 aliphatic heterocycles. The fourth-order valence-electron chi connectivity index (χ4n) is 3.59. The lowest BCUT2D eigenvalue weighted by molar-refractivity contribution is 0.469. The molecule has 2 heterocycles. The molecule has 0 aliphatic carbocycles. The third-order valence-corrected chi connectivity index (χ3v) is 5.70. The number of hydrogen-bond acceptors (Lipinski definition) is 5. The van der Waals surface area contributed by atoms with Crippen molar-refractivity contribution in [1.29, 1.82) is 0 Å². The van der Waals surface area contributed by atoms with E-state index in [2.05, 4.69) is 20.5 Å². The maximum atomic E-state index is 10.1. The minimum Gasteiger partial charge on any atom is -0.508 e. The average molecular weight is 450 g/mol. The summed E-state index contributed by atoms with van der Waals surface area (Å²) in [6, 6.07) is 18.5. The molecule has 6 nitrogen and oxygen atoms in total. The highest BCUT2D eigenvalue weighted by atomic mass is 35.5. The SMILES string of the molecule is Cc1nc2ccc(NCc3ccc(Cl)cc3O)cc2n2c(-c3ccccc3Cl)nnc12. The molecule has 2 N–H and O–H groups in total. The number of halogens is 2. The molecule has 3 aromatic carbocycles. The Bertz CT molecular complexity index is 1450. The van der Waals surface area contributed by atoms with Crippen LogP contribution in [0.25, 0.3) is 28.1 Å². The molecule has 0 saturated carbocycles. The normalized spacial score (nSPS) is 11.3. The molecule has 0 unspecified atom stereocenters. The molecule has 5 aromatic rings. The van der Waals surface area contributed by atoms with Crippen molar-refractivity contribution in [2.45, 2.75) is 13.5 Å². The van der Waals surface area contributed by atoms with Gasteiger partial charge in [0.05, 0.1) is 21.7 Å². The minimum absolute atomic E-state index is 0.153. The number of rotatable bonds is 4. The van der Waals surface area contributed by atoms with Crippen molar-refractivity contribution in [2.24, 2.45) is 0 Å². The van der Waals surface area contributed by atoms with Crippen LogP contribution in [0.1, 0.15) is 11.3 Å². The van der Waals surface area contributed by atoms with Crippen LogP contribution in [-0.4, -0.2) is 24.7 Å². The van der Waals surface area contributed by atoms with E-state index in [9.17, 15) is 5.11 Å². The molecule has 0 saturated heterocycles. The molecule has 0 atom stereocenters. The van der Waals surface area contributed by atoms with Gasteiger partial charge in [0, 0.05) is 28.4 Å². The third-order valence-electron chi connectivity index (χ3n) is 5.14. The first kappa shape index (κ1) is 19.6. The molecule has 8 heteroatoms. The Balaban J connectivity index is 1.62. The van der Waals surface area contributed by atoms with Gasteiger partial charge < -0.3 is 10.4 Å². The van der Waals surface area contributed by atoms with Gasteiger partial charge in [0.2, 0.25) is 0 Å². The van der Waals surface area contributed by atoms with Gasteiger partial charge in [-0.15, -0.1) is 10.2 Å². The maximum absolute atomic E-state index is 10.1. The molecule has 0 radical (unpaired) electrons. The lowest BCUT2D eigenvalue weighted by atomic mass is 10.2. The predicted molar refractivity (Wildman–Crippen MR) is 124 cm³/mol. The van der Waals surface area contributed by atoms with Gasteiger partial charge in [0.25, 0.3) is 0 Å². The zero-order chi connectivity index (χ0) is 21.5. The minimum atomic E-state index is 0.153. The number of aromatic hydroxyl groups is 1. The number of anilines is 1. The zero-order valence-electron chi connectivity index (χ0n) is 16.5. The number of hydrogen-bond donors (Lipinski definition) is 2. The summed E-state index contributed by atoms with van der Waals surface area (Å²) in [6.07, 6.45) is 0. The zero-order valence-corrected chi connectivity index (χ0v) is 18.0. The van der Waals surface area contributed by atoms with E-state index in [-0.39, 0.29) is 5.75 Å². The first-order valence-electron chi connectivity index (χ1n) is 9.63. The Labute approximate surface area is 188 Å². The van der Waals surface area contributed by atoms with Gasteiger partial charge in [-0.05, 0) is 49.4 Å². The summed E-state index contributed by atoms with van der Waals surface area (Å²) >= 11 is 12.4. The molecular formula is C23H17Cl2N5O. The molecule has 0 fully saturated rings. The number of aromatic nitrogens is 4. The van der Waals surface area contributed by atoms with Gasteiger partial charge in [-0.2, -0.15) is 0 Å². The van der Waals surface area contributed by atoms with E-state index in [0.29, 0.717) is 28.1 Å². The van der Waals surface area contributed by atoms with Gasteiger partial charge in [-0.25, -0.2) is 4.98 Å². The van der Waals surface area contributed by atoms with Gasteiger partial charge in [0.1, 0.15) is 5.75 Å². The van der Waals surface area contributed by atoms with E-state index in [1.807, 2.05) is 53.8 Å². The number of fused-ring (bicyclic) bond motifs is 3. The molecule has 5 rings (SSSR count). The summed E-state index contributed by atoms with van der Waals surface area (Å²) in [5, 5.41) is 23.3. The van der Waals surface area contributed by atoms with Crippen LogP contribution in [0.3, 0.4) is 0 Å². The smallest absolute Gasteiger partial charge is 0.183 e. The number of phenolic OH excluding ortho intramolecular Hbond substituents is 1. The van der Waals surface area contributed by atoms with Crippen molar-refractivity contribution in [3.8, 4) is 17.1 Å². The van der Waals surface area contributed by atoms with Crippen LogP contribution in [0.2, 0.25) is 10.0 Å². The largest absolute Gasteiger partial charge is 0.508 e. The molecule has 0 amide bonds. The predicted octanol–water partition coefficient (Wildman–Crippen LogP) is 5.88. The lowest BCUT2D eigenvalue weighted by Gasteiger charge is -2.12. The van der Waals surface area contributed by atoms with Crippen molar-refractivity contribution < 1.29 is 5.11 Å². The van der Waals surface area contributed by atoms with Gasteiger partial charge >= 0.3 is 0 Å². The molecule has 2 aromatic heterocycles. The van der Waals surface area contributed by atoms with Crippen LogP contribution < -0.4 is 5.32 Å². The average Bonchev–Trinajstić information content (AvgIpc) is 3.20. The second-order valence-corrected chi connectivity index (χ2v) is 8.03. The molecular weight excluding hydrogens is 433 g/mol. The Morgan fingerprint density at radius 2 is 1.84 bits per heavy atom. The Hall–Kier alpha value is -3.35. The van der Waals surface area contributed by atoms with Crippen molar-refractivity contribution in [1.82, 2.24) is 19.6 Å². The summed E-state index contributed by atoms with van der Waals surface area (Å²) in [5.74, 6) is 0.809. The topological polar surface area (TPSA) is 75.3 Å². The molecule has 0 bridgehead atoms. The summed E-state index contributed by atoms with van der Waals surface area (Å²) in [6.45, 7) is 2.35. The number of phenols is 1. The lowest BCUT2D eigenvalue weighted by Crippen LogP contribution is -2.02. The summed E-state index contributed by atoms with van der Waals surface area (Å²) in [5.41, 5.74) is 5.54. The van der Waals surface area contributed by atoms with Crippen LogP contribution in [0.15, 0.2) is 60.7 Å². The van der Waals surface area contributed by atoms with Gasteiger partial charge in [-0.3, -0.25) is 4.40 Å². The van der Waals surface area contributed by atoms with E-state index >= 15 is 0 Å². The second-order valence-electron chi connectivity index (χ2n) is 7.19. The van der Waals surface area contributed by atoms with Gasteiger partial charge in [0.15, 0.2) is 11.5 Å². The molecule has 0 spiro atoms. The first-order chi connectivity index (χ1) is 15.0. The van der Waals surface area contributed by atoms with E-state index in [0.717, 1.165) is 33.5 Å². The van der Waals surface area contributed by atoms with E-state index < -0.39 is 0 Å². The summed E-state index contributed by atoms with van der Waals surface area (Å²) in [4.78, 5) is 4.68. The monoisotopic (exact) mass is 449 g/mol. The van der Waals surface area contributed by atoms with Crippen LogP contribution in [0.4, 0.5) is 5.69 Å². The fraction of sp³-hybridized carbons (Fsp3) is 0.0870. The first-order valence-corrected chi connectivity index (χ1v) is 10.4. The highest BCUT2D eigenvalue weighted by molar-refractivity contribution is 6.33. The Morgan fingerprint density at radius 3 is 2.65 bits per heavy atom. The Morgan fingerprint density at radius 1 is 1.00 bits per heavy atom. The van der Waals surface area contributed by atoms with Crippen LogP contribution >= 0.6 is 23.2 Å². The van der Waals surface area contributed by atoms with Crippen molar-refractivity contribution in [2.75, 3.05) is 5.32 Å². The summed E-state index contributed by atoms with van der Waals surface area (Å²) in [7, 11) is 0. The number of aryl methyl sites for hydroxylation is 1. The number of nitrogens with one attached hydrogen (secondary N) is 1. The van der Waals surface area contributed by atoms with E-state index in [4.69, 9.17) is 23.2 Å². The highest BCUT2D eigenvalue weighted by Crippen LogP contribution is 2.30. The summed E-state index contributed by atoms with van der Waals surface area (Å²) < 4.78 is 1.98. The standard InChI is InChI=1S/C23H17Cl2N5O/c1-13-22-28-29-23(17-4-2-3-5-18(17)25)30(22)20-11-16(8-9-19(20)27-13)26-12-14-6-7-15(24)10-21(14)31/h2-11,26,31H,12H2,1H3. The number of nitrogens with zero attached hydrogens (tertiary/aromatic N) is 4. The van der Waals surface area contributed by atoms with Crippen LogP contribution in [0, 0.1) is 6.92 Å². The second kappa shape index (κ2) is 7.72. The number of benzene rings is 3. The fourth-order valence-corrected chi connectivity index (χ4v) is 3.97. The van der Waals surface area contributed by atoms with E-state index in [1.165, 1.54) is 6.07 Å². The van der Waals surface area contributed by atoms with Crippen LogP contribution in [0.5, 0.6) is 5.75 Å². The molecule has 154 valence electrons. The maximum Gasteiger partial charge on any atom is 0.183 e. The van der Waals surface area contributed by atoms with Crippen molar-refractivity contribution >= 4 is 45.6 Å². The molecule has 31 heavy (non-hydrogen) atoms. The van der Waals surface area contributed by atoms with Crippen molar-refractivity contribution in [3.05, 3.63) is 82.0 Å². The Kier molecular flexibility index (Phi) is 4.88.